The van der Waals surface area contributed by atoms with Gasteiger partial charge in [-0.15, -0.1) is 0 Å². The zero-order chi connectivity index (χ0) is 29.5. The summed E-state index contributed by atoms with van der Waals surface area (Å²) in [7, 11) is 0. The molecule has 0 saturated carbocycles. The van der Waals surface area contributed by atoms with Crippen LogP contribution in [0.4, 0.5) is 5.69 Å². The van der Waals surface area contributed by atoms with E-state index >= 15 is 0 Å². The SMILES string of the molecule is CCCCCCCCCCCCCCCCOc1ccc(N)cc1OCCCCCCCCCCCCCCCC. The van der Waals surface area contributed by atoms with Crippen molar-refractivity contribution in [3.63, 3.8) is 0 Å². The molecule has 240 valence electrons. The van der Waals surface area contributed by atoms with Crippen LogP contribution in [-0.2, 0) is 0 Å². The largest absolute Gasteiger partial charge is 0.490 e. The van der Waals surface area contributed by atoms with Crippen molar-refractivity contribution in [3.8, 4) is 11.5 Å². The summed E-state index contributed by atoms with van der Waals surface area (Å²) in [4.78, 5) is 0. The maximum atomic E-state index is 6.09. The Bertz CT molecular complexity index is 662. The van der Waals surface area contributed by atoms with Gasteiger partial charge < -0.3 is 15.2 Å². The molecular weight excluding hydrogens is 502 g/mol. The molecule has 0 aromatic heterocycles. The van der Waals surface area contributed by atoms with Crippen LogP contribution in [0.5, 0.6) is 11.5 Å². The van der Waals surface area contributed by atoms with E-state index in [1.54, 1.807) is 0 Å². The second kappa shape index (κ2) is 30.1. The summed E-state index contributed by atoms with van der Waals surface area (Å²) >= 11 is 0. The second-order valence-corrected chi connectivity index (χ2v) is 12.6. The first-order chi connectivity index (χ1) is 20.3. The van der Waals surface area contributed by atoms with Gasteiger partial charge in [0.1, 0.15) is 0 Å². The topological polar surface area (TPSA) is 44.5 Å². The lowest BCUT2D eigenvalue weighted by Gasteiger charge is -2.13. The minimum absolute atomic E-state index is 0.741. The van der Waals surface area contributed by atoms with Crippen LogP contribution in [0.15, 0.2) is 18.2 Å². The lowest BCUT2D eigenvalue weighted by atomic mass is 10.0. The normalized spacial score (nSPS) is 11.3. The van der Waals surface area contributed by atoms with Gasteiger partial charge in [-0.1, -0.05) is 181 Å². The highest BCUT2D eigenvalue weighted by atomic mass is 16.5. The molecule has 1 rings (SSSR count). The molecule has 0 spiro atoms. The van der Waals surface area contributed by atoms with Crippen molar-refractivity contribution in [2.24, 2.45) is 0 Å². The van der Waals surface area contributed by atoms with E-state index in [9.17, 15) is 0 Å². The van der Waals surface area contributed by atoms with Crippen molar-refractivity contribution in [2.45, 2.75) is 194 Å². The quantitative estimate of drug-likeness (QED) is 0.0688. The molecule has 0 amide bonds. The van der Waals surface area contributed by atoms with Crippen LogP contribution in [0.25, 0.3) is 0 Å². The predicted octanol–water partition coefficient (Wildman–Crippen LogP) is 13.0. The number of ether oxygens (including phenoxy) is 2. The molecule has 0 fully saturated rings. The lowest BCUT2D eigenvalue weighted by molar-refractivity contribution is 0.258. The fourth-order valence-electron chi connectivity index (χ4n) is 5.71. The van der Waals surface area contributed by atoms with Crippen molar-refractivity contribution in [1.29, 1.82) is 0 Å². The van der Waals surface area contributed by atoms with Crippen molar-refractivity contribution < 1.29 is 9.47 Å². The second-order valence-electron chi connectivity index (χ2n) is 12.6. The minimum atomic E-state index is 0.741. The zero-order valence-electron chi connectivity index (χ0n) is 27.8. The molecule has 0 aliphatic carbocycles. The number of benzene rings is 1. The Morgan fingerprint density at radius 2 is 0.683 bits per heavy atom. The lowest BCUT2D eigenvalue weighted by Crippen LogP contribution is -2.03. The van der Waals surface area contributed by atoms with Gasteiger partial charge in [-0.2, -0.15) is 0 Å². The van der Waals surface area contributed by atoms with Gasteiger partial charge in [0.25, 0.3) is 0 Å². The molecule has 0 bridgehead atoms. The molecule has 41 heavy (non-hydrogen) atoms. The Labute approximate surface area is 257 Å². The van der Waals surface area contributed by atoms with E-state index in [1.807, 2.05) is 18.2 Å². The Kier molecular flexibility index (Phi) is 27.6. The Hall–Kier alpha value is -1.38. The first-order valence-electron chi connectivity index (χ1n) is 18.4. The number of rotatable bonds is 32. The molecule has 0 radical (unpaired) electrons. The van der Waals surface area contributed by atoms with Crippen LogP contribution < -0.4 is 15.2 Å². The molecule has 1 aromatic rings. The first kappa shape index (κ1) is 37.6. The minimum Gasteiger partial charge on any atom is -0.490 e. The highest BCUT2D eigenvalue weighted by Crippen LogP contribution is 2.30. The highest BCUT2D eigenvalue weighted by Gasteiger charge is 2.06. The Morgan fingerprint density at radius 3 is 1.02 bits per heavy atom. The maximum absolute atomic E-state index is 6.09. The van der Waals surface area contributed by atoms with Gasteiger partial charge in [0, 0.05) is 11.8 Å². The number of nitrogens with two attached hydrogens (primary N) is 1. The summed E-state index contributed by atoms with van der Waals surface area (Å²) in [6, 6.07) is 5.81. The van der Waals surface area contributed by atoms with E-state index in [0.29, 0.717) is 0 Å². The molecule has 1 aromatic carbocycles. The van der Waals surface area contributed by atoms with Crippen LogP contribution in [0, 0.1) is 0 Å². The average molecular weight is 574 g/mol. The van der Waals surface area contributed by atoms with E-state index < -0.39 is 0 Å². The summed E-state index contributed by atoms with van der Waals surface area (Å²) in [5.41, 5.74) is 6.77. The molecule has 3 heteroatoms. The molecule has 3 nitrogen and oxygen atoms in total. The van der Waals surface area contributed by atoms with Gasteiger partial charge in [0.05, 0.1) is 13.2 Å². The van der Waals surface area contributed by atoms with Gasteiger partial charge in [0.15, 0.2) is 11.5 Å². The Balaban J connectivity index is 1.96. The van der Waals surface area contributed by atoms with E-state index in [0.717, 1.165) is 43.2 Å². The molecule has 0 aliphatic heterocycles. The molecule has 0 atom stereocenters. The third kappa shape index (κ3) is 24.9. The van der Waals surface area contributed by atoms with Crippen LogP contribution in [0.3, 0.4) is 0 Å². The average Bonchev–Trinajstić information content (AvgIpc) is 2.98. The summed E-state index contributed by atoms with van der Waals surface area (Å²) < 4.78 is 12.2. The van der Waals surface area contributed by atoms with E-state index in [4.69, 9.17) is 15.2 Å². The first-order valence-corrected chi connectivity index (χ1v) is 18.4. The molecular formula is C38H71NO2. The van der Waals surface area contributed by atoms with Gasteiger partial charge >= 0.3 is 0 Å². The summed E-state index contributed by atoms with van der Waals surface area (Å²) in [5.74, 6) is 1.66. The van der Waals surface area contributed by atoms with E-state index in [2.05, 4.69) is 13.8 Å². The third-order valence-electron chi connectivity index (χ3n) is 8.48. The number of hydrogen-bond acceptors (Lipinski definition) is 3. The van der Waals surface area contributed by atoms with E-state index in [-0.39, 0.29) is 0 Å². The summed E-state index contributed by atoms with van der Waals surface area (Å²) in [6.07, 6.45) is 38.5. The number of hydrogen-bond donors (Lipinski definition) is 1. The fraction of sp³-hybridized carbons (Fsp3) is 0.842. The van der Waals surface area contributed by atoms with Crippen LogP contribution in [0.2, 0.25) is 0 Å². The number of anilines is 1. The van der Waals surface area contributed by atoms with Crippen LogP contribution >= 0.6 is 0 Å². The predicted molar refractivity (Wildman–Crippen MR) is 182 cm³/mol. The number of unbranched alkanes of at least 4 members (excludes halogenated alkanes) is 26. The van der Waals surface area contributed by atoms with Crippen molar-refractivity contribution in [3.05, 3.63) is 18.2 Å². The van der Waals surface area contributed by atoms with Gasteiger partial charge in [-0.05, 0) is 25.0 Å². The van der Waals surface area contributed by atoms with Gasteiger partial charge in [0.2, 0.25) is 0 Å². The van der Waals surface area contributed by atoms with Gasteiger partial charge in [-0.25, -0.2) is 0 Å². The van der Waals surface area contributed by atoms with Crippen molar-refractivity contribution in [1.82, 2.24) is 0 Å². The molecule has 2 N–H and O–H groups in total. The van der Waals surface area contributed by atoms with E-state index in [1.165, 1.54) is 167 Å². The fourth-order valence-corrected chi connectivity index (χ4v) is 5.71. The monoisotopic (exact) mass is 574 g/mol. The summed E-state index contributed by atoms with van der Waals surface area (Å²) in [5, 5.41) is 0. The third-order valence-corrected chi connectivity index (χ3v) is 8.48. The molecule has 0 aliphatic rings. The highest BCUT2D eigenvalue weighted by molar-refractivity contribution is 5.51. The van der Waals surface area contributed by atoms with Crippen molar-refractivity contribution in [2.75, 3.05) is 18.9 Å². The molecule has 0 heterocycles. The standard InChI is InChI=1S/C38H71NO2/c1-3-5-7-9-11-13-15-17-19-21-23-25-27-29-33-40-37-32-31-36(39)35-38(37)41-34-30-28-26-24-22-20-18-16-14-12-10-8-6-4-2/h31-32,35H,3-30,33-34,39H2,1-2H3. The molecule has 0 unspecified atom stereocenters. The zero-order valence-corrected chi connectivity index (χ0v) is 27.8. The molecule has 0 saturated heterocycles. The number of nitrogen functional groups attached to an aromatic ring is 1. The van der Waals surface area contributed by atoms with Crippen LogP contribution in [-0.4, -0.2) is 13.2 Å². The van der Waals surface area contributed by atoms with Crippen molar-refractivity contribution >= 4 is 5.69 Å². The maximum Gasteiger partial charge on any atom is 0.163 e. The summed E-state index contributed by atoms with van der Waals surface area (Å²) in [6.45, 7) is 6.09. The Morgan fingerprint density at radius 1 is 0.390 bits per heavy atom. The smallest absolute Gasteiger partial charge is 0.163 e. The van der Waals surface area contributed by atoms with Gasteiger partial charge in [-0.3, -0.25) is 0 Å². The van der Waals surface area contributed by atoms with Crippen LogP contribution in [0.1, 0.15) is 194 Å².